The Morgan fingerprint density at radius 3 is 2.46 bits per heavy atom. The summed E-state index contributed by atoms with van der Waals surface area (Å²) in [6.07, 6.45) is 4.76. The first kappa shape index (κ1) is 19.1. The molecule has 1 aliphatic heterocycles. The summed E-state index contributed by atoms with van der Waals surface area (Å²) in [5.74, 6) is 2.83. The number of hydrogen-bond donors (Lipinski definition) is 1. The molecular formula is C22H28ClNO2. The topological polar surface area (TPSA) is 30.5 Å². The number of fused-ring (bicyclic) bond motifs is 1. The quantitative estimate of drug-likeness (QED) is 0.843. The monoisotopic (exact) mass is 373 g/mol. The summed E-state index contributed by atoms with van der Waals surface area (Å²) in [5, 5.41) is 3.73. The molecule has 0 saturated carbocycles. The Labute approximate surface area is 162 Å². The molecule has 0 radical (unpaired) electrons. The molecule has 0 aromatic heterocycles. The first-order valence-electron chi connectivity index (χ1n) is 9.34. The Morgan fingerprint density at radius 2 is 1.81 bits per heavy atom. The van der Waals surface area contributed by atoms with Gasteiger partial charge in [-0.1, -0.05) is 36.4 Å². The van der Waals surface area contributed by atoms with E-state index in [1.54, 1.807) is 14.2 Å². The van der Waals surface area contributed by atoms with Gasteiger partial charge in [-0.05, 0) is 55.3 Å². The maximum Gasteiger partial charge on any atom is 0.164 e. The molecule has 4 rings (SSSR count). The first-order chi connectivity index (χ1) is 12.3. The van der Waals surface area contributed by atoms with Crippen molar-refractivity contribution in [1.82, 2.24) is 5.32 Å². The van der Waals surface area contributed by atoms with Crippen LogP contribution in [0.1, 0.15) is 47.8 Å². The lowest BCUT2D eigenvalue weighted by molar-refractivity contribution is 0.340. The van der Waals surface area contributed by atoms with Crippen LogP contribution in [0.2, 0.25) is 0 Å². The molecule has 4 heteroatoms. The van der Waals surface area contributed by atoms with E-state index in [0.717, 1.165) is 24.5 Å². The van der Waals surface area contributed by atoms with Crippen molar-refractivity contribution in [3.8, 4) is 11.5 Å². The fraction of sp³-hybridized carbons (Fsp3) is 0.455. The molecule has 2 aliphatic rings. The van der Waals surface area contributed by atoms with Gasteiger partial charge in [0.25, 0.3) is 0 Å². The number of ether oxygens (including phenoxy) is 2. The molecule has 1 heterocycles. The van der Waals surface area contributed by atoms with Crippen LogP contribution in [-0.2, 0) is 6.42 Å². The second kappa shape index (κ2) is 8.32. The van der Waals surface area contributed by atoms with E-state index in [4.69, 9.17) is 9.47 Å². The molecule has 1 fully saturated rings. The van der Waals surface area contributed by atoms with Crippen molar-refractivity contribution < 1.29 is 9.47 Å². The van der Waals surface area contributed by atoms with Crippen molar-refractivity contribution in [3.63, 3.8) is 0 Å². The summed E-state index contributed by atoms with van der Waals surface area (Å²) in [7, 11) is 3.48. The van der Waals surface area contributed by atoms with Crippen molar-refractivity contribution in [2.75, 3.05) is 20.8 Å². The standard InChI is InChI=1S/C22H27NO2.ClH/c1-24-21-11-10-17-18(20-9-6-12-23-20)13-16(14-19(17)22(21)25-2)15-7-4-3-5-8-15;/h3-5,7-8,10-11,16,18,20,23H,6,9,12-14H2,1-2H3;1H. The van der Waals surface area contributed by atoms with E-state index in [-0.39, 0.29) is 12.4 Å². The number of halogens is 1. The normalized spacial score (nSPS) is 24.5. The highest BCUT2D eigenvalue weighted by atomic mass is 35.5. The Balaban J connectivity index is 0.00000196. The molecule has 0 bridgehead atoms. The third-order valence-electron chi connectivity index (χ3n) is 5.93. The van der Waals surface area contributed by atoms with Crippen LogP contribution in [0.5, 0.6) is 11.5 Å². The predicted molar refractivity (Wildman–Crippen MR) is 108 cm³/mol. The molecular weight excluding hydrogens is 346 g/mol. The van der Waals surface area contributed by atoms with Crippen LogP contribution in [0.3, 0.4) is 0 Å². The van der Waals surface area contributed by atoms with Crippen LogP contribution in [0, 0.1) is 0 Å². The molecule has 1 N–H and O–H groups in total. The zero-order valence-corrected chi connectivity index (χ0v) is 16.4. The molecule has 3 nitrogen and oxygen atoms in total. The van der Waals surface area contributed by atoms with Crippen molar-refractivity contribution in [1.29, 1.82) is 0 Å². The fourth-order valence-electron chi connectivity index (χ4n) is 4.74. The zero-order chi connectivity index (χ0) is 17.2. The molecule has 26 heavy (non-hydrogen) atoms. The summed E-state index contributed by atoms with van der Waals surface area (Å²) in [6, 6.07) is 15.8. The van der Waals surface area contributed by atoms with Crippen LogP contribution in [0.25, 0.3) is 0 Å². The van der Waals surface area contributed by atoms with Gasteiger partial charge in [0, 0.05) is 17.5 Å². The molecule has 140 valence electrons. The summed E-state index contributed by atoms with van der Waals surface area (Å²) >= 11 is 0. The predicted octanol–water partition coefficient (Wildman–Crippen LogP) is 4.69. The Morgan fingerprint density at radius 1 is 1.00 bits per heavy atom. The SMILES string of the molecule is COc1ccc2c(c1OC)CC(c1ccccc1)CC2C1CCCN1.Cl. The van der Waals surface area contributed by atoms with Gasteiger partial charge >= 0.3 is 0 Å². The van der Waals surface area contributed by atoms with Gasteiger partial charge in [-0.15, -0.1) is 12.4 Å². The lowest BCUT2D eigenvalue weighted by Crippen LogP contribution is -2.33. The molecule has 1 saturated heterocycles. The number of rotatable bonds is 4. The molecule has 2 aromatic carbocycles. The molecule has 1 aliphatic carbocycles. The number of hydrogen-bond acceptors (Lipinski definition) is 3. The van der Waals surface area contributed by atoms with Gasteiger partial charge in [-0.3, -0.25) is 0 Å². The van der Waals surface area contributed by atoms with Crippen LogP contribution in [0.15, 0.2) is 42.5 Å². The maximum absolute atomic E-state index is 5.78. The summed E-state index contributed by atoms with van der Waals surface area (Å²) in [4.78, 5) is 0. The van der Waals surface area contributed by atoms with Gasteiger partial charge in [0.05, 0.1) is 14.2 Å². The van der Waals surface area contributed by atoms with Gasteiger partial charge < -0.3 is 14.8 Å². The van der Waals surface area contributed by atoms with Gasteiger partial charge in [-0.2, -0.15) is 0 Å². The lowest BCUT2D eigenvalue weighted by atomic mass is 9.71. The zero-order valence-electron chi connectivity index (χ0n) is 15.5. The second-order valence-corrected chi connectivity index (χ2v) is 7.23. The number of benzene rings is 2. The minimum absolute atomic E-state index is 0. The molecule has 0 amide bonds. The van der Waals surface area contributed by atoms with E-state index in [9.17, 15) is 0 Å². The number of nitrogens with one attached hydrogen (secondary N) is 1. The highest BCUT2D eigenvalue weighted by molar-refractivity contribution is 5.85. The molecule has 0 spiro atoms. The van der Waals surface area contributed by atoms with Crippen LogP contribution >= 0.6 is 12.4 Å². The average Bonchev–Trinajstić information content (AvgIpc) is 3.21. The Bertz CT molecular complexity index is 728. The molecule has 2 aromatic rings. The summed E-state index contributed by atoms with van der Waals surface area (Å²) in [6.45, 7) is 1.14. The largest absolute Gasteiger partial charge is 0.493 e. The van der Waals surface area contributed by atoms with E-state index in [0.29, 0.717) is 17.9 Å². The number of methoxy groups -OCH3 is 2. The van der Waals surface area contributed by atoms with Crippen molar-refractivity contribution in [2.24, 2.45) is 0 Å². The van der Waals surface area contributed by atoms with E-state index < -0.39 is 0 Å². The lowest BCUT2D eigenvalue weighted by Gasteiger charge is -2.36. The Hall–Kier alpha value is -1.71. The Kier molecular flexibility index (Phi) is 6.10. The molecule has 3 unspecified atom stereocenters. The summed E-state index contributed by atoms with van der Waals surface area (Å²) < 4.78 is 11.3. The van der Waals surface area contributed by atoms with Gasteiger partial charge in [0.15, 0.2) is 11.5 Å². The minimum Gasteiger partial charge on any atom is -0.493 e. The van der Waals surface area contributed by atoms with Gasteiger partial charge in [-0.25, -0.2) is 0 Å². The molecule has 3 atom stereocenters. The minimum atomic E-state index is 0. The second-order valence-electron chi connectivity index (χ2n) is 7.23. The van der Waals surface area contributed by atoms with E-state index >= 15 is 0 Å². The fourth-order valence-corrected chi connectivity index (χ4v) is 4.74. The average molecular weight is 374 g/mol. The van der Waals surface area contributed by atoms with Crippen LogP contribution in [-0.4, -0.2) is 26.8 Å². The van der Waals surface area contributed by atoms with Crippen LogP contribution in [0.4, 0.5) is 0 Å². The highest BCUT2D eigenvalue weighted by Crippen LogP contribution is 2.48. The van der Waals surface area contributed by atoms with Crippen LogP contribution < -0.4 is 14.8 Å². The maximum atomic E-state index is 5.78. The third-order valence-corrected chi connectivity index (χ3v) is 5.93. The van der Waals surface area contributed by atoms with Gasteiger partial charge in [0.2, 0.25) is 0 Å². The van der Waals surface area contributed by atoms with E-state index in [2.05, 4.69) is 47.8 Å². The van der Waals surface area contributed by atoms with Crippen molar-refractivity contribution >= 4 is 12.4 Å². The van der Waals surface area contributed by atoms with E-state index in [1.165, 1.54) is 36.0 Å². The smallest absolute Gasteiger partial charge is 0.164 e. The third kappa shape index (κ3) is 3.43. The van der Waals surface area contributed by atoms with Crippen molar-refractivity contribution in [3.05, 3.63) is 59.2 Å². The first-order valence-corrected chi connectivity index (χ1v) is 9.34. The van der Waals surface area contributed by atoms with Crippen molar-refractivity contribution in [2.45, 2.75) is 43.6 Å². The highest BCUT2D eigenvalue weighted by Gasteiger charge is 2.36. The van der Waals surface area contributed by atoms with Gasteiger partial charge in [0.1, 0.15) is 0 Å². The van der Waals surface area contributed by atoms with E-state index in [1.807, 2.05) is 0 Å². The summed E-state index contributed by atoms with van der Waals surface area (Å²) in [5.41, 5.74) is 4.21.